The SMILES string of the molecule is COc1ccc(-c2nc(CC(=O)OC(C)C(=O)NC(N)=O)cs2)cc1OC. The van der Waals surface area contributed by atoms with Gasteiger partial charge in [0.2, 0.25) is 0 Å². The zero-order valence-corrected chi connectivity index (χ0v) is 15.8. The molecule has 1 aromatic carbocycles. The summed E-state index contributed by atoms with van der Waals surface area (Å²) in [4.78, 5) is 38.5. The third-order valence-electron chi connectivity index (χ3n) is 3.43. The number of nitrogens with one attached hydrogen (secondary N) is 1. The van der Waals surface area contributed by atoms with Crippen molar-refractivity contribution < 1.29 is 28.6 Å². The number of esters is 1. The summed E-state index contributed by atoms with van der Waals surface area (Å²) < 4.78 is 15.4. The summed E-state index contributed by atoms with van der Waals surface area (Å²) in [6, 6.07) is 4.37. The summed E-state index contributed by atoms with van der Waals surface area (Å²) in [5, 5.41) is 4.26. The topological polar surface area (TPSA) is 130 Å². The van der Waals surface area contributed by atoms with Crippen LogP contribution in [0.25, 0.3) is 10.6 Å². The van der Waals surface area contributed by atoms with Crippen molar-refractivity contribution in [1.82, 2.24) is 10.3 Å². The summed E-state index contributed by atoms with van der Waals surface area (Å²) >= 11 is 1.36. The van der Waals surface area contributed by atoms with E-state index in [1.165, 1.54) is 18.3 Å². The van der Waals surface area contributed by atoms with Crippen LogP contribution in [-0.2, 0) is 20.7 Å². The van der Waals surface area contributed by atoms with Gasteiger partial charge in [-0.1, -0.05) is 0 Å². The Morgan fingerprint density at radius 2 is 1.93 bits per heavy atom. The number of rotatable bonds is 7. The van der Waals surface area contributed by atoms with Crippen LogP contribution in [0.4, 0.5) is 4.79 Å². The number of urea groups is 1. The first-order valence-corrected chi connectivity index (χ1v) is 8.68. The van der Waals surface area contributed by atoms with Gasteiger partial charge < -0.3 is 19.9 Å². The number of aromatic nitrogens is 1. The number of carbonyl (C=O) groups is 3. The van der Waals surface area contributed by atoms with Crippen LogP contribution in [-0.4, -0.2) is 43.2 Å². The van der Waals surface area contributed by atoms with E-state index in [9.17, 15) is 14.4 Å². The maximum atomic E-state index is 12.0. The Balaban J connectivity index is 2.02. The molecule has 0 aliphatic carbocycles. The van der Waals surface area contributed by atoms with Gasteiger partial charge in [-0.15, -0.1) is 11.3 Å². The van der Waals surface area contributed by atoms with Crippen molar-refractivity contribution >= 4 is 29.2 Å². The molecule has 10 heteroatoms. The van der Waals surface area contributed by atoms with Crippen molar-refractivity contribution in [3.8, 4) is 22.1 Å². The number of benzene rings is 1. The number of hydrogen-bond donors (Lipinski definition) is 2. The highest BCUT2D eigenvalue weighted by molar-refractivity contribution is 7.13. The number of amides is 3. The molecule has 2 aromatic rings. The van der Waals surface area contributed by atoms with E-state index in [4.69, 9.17) is 19.9 Å². The van der Waals surface area contributed by atoms with Crippen LogP contribution in [0.2, 0.25) is 0 Å². The summed E-state index contributed by atoms with van der Waals surface area (Å²) in [6.07, 6.45) is -1.26. The van der Waals surface area contributed by atoms with Crippen molar-refractivity contribution in [2.45, 2.75) is 19.4 Å². The van der Waals surface area contributed by atoms with E-state index < -0.39 is 24.0 Å². The standard InChI is InChI=1S/C17H19N3O6S/c1-9(15(22)20-17(18)23)26-14(21)7-11-8-27-16(19-11)10-4-5-12(24-2)13(6-10)25-3/h4-6,8-9H,7H2,1-3H3,(H3,18,20,22,23). The lowest BCUT2D eigenvalue weighted by Gasteiger charge is -2.11. The molecule has 0 aliphatic rings. The molecule has 0 fully saturated rings. The third kappa shape index (κ3) is 5.42. The number of methoxy groups -OCH3 is 2. The molecular formula is C17H19N3O6S. The molecule has 0 saturated heterocycles. The normalized spacial score (nSPS) is 11.4. The zero-order valence-electron chi connectivity index (χ0n) is 15.0. The molecule has 1 heterocycles. The molecule has 0 aliphatic heterocycles. The Morgan fingerprint density at radius 3 is 2.56 bits per heavy atom. The maximum Gasteiger partial charge on any atom is 0.318 e. The molecule has 3 amide bonds. The van der Waals surface area contributed by atoms with E-state index in [-0.39, 0.29) is 6.42 Å². The molecule has 0 bridgehead atoms. The van der Waals surface area contributed by atoms with Gasteiger partial charge in [0.05, 0.1) is 26.3 Å². The van der Waals surface area contributed by atoms with E-state index in [0.717, 1.165) is 5.56 Å². The van der Waals surface area contributed by atoms with Gasteiger partial charge in [0.15, 0.2) is 17.6 Å². The first kappa shape index (κ1) is 20.2. The number of hydrogen-bond acceptors (Lipinski definition) is 8. The van der Waals surface area contributed by atoms with E-state index in [1.807, 2.05) is 11.4 Å². The highest BCUT2D eigenvalue weighted by Gasteiger charge is 2.20. The Kier molecular flexibility index (Phi) is 6.72. The van der Waals surface area contributed by atoms with Crippen LogP contribution in [0.5, 0.6) is 11.5 Å². The molecule has 0 saturated carbocycles. The molecule has 0 radical (unpaired) electrons. The average Bonchev–Trinajstić information content (AvgIpc) is 3.08. The number of nitrogens with zero attached hydrogens (tertiary/aromatic N) is 1. The van der Waals surface area contributed by atoms with Gasteiger partial charge in [-0.2, -0.15) is 0 Å². The summed E-state index contributed by atoms with van der Waals surface area (Å²) in [5.74, 6) is -0.267. The Labute approximate surface area is 159 Å². The quantitative estimate of drug-likeness (QED) is 0.682. The van der Waals surface area contributed by atoms with Crippen LogP contribution in [0.1, 0.15) is 12.6 Å². The van der Waals surface area contributed by atoms with Gasteiger partial charge in [-0.05, 0) is 25.1 Å². The van der Waals surface area contributed by atoms with Crippen LogP contribution in [0, 0.1) is 0 Å². The first-order chi connectivity index (χ1) is 12.8. The largest absolute Gasteiger partial charge is 0.493 e. The monoisotopic (exact) mass is 393 g/mol. The van der Waals surface area contributed by atoms with Gasteiger partial charge in [-0.3, -0.25) is 14.9 Å². The number of nitrogens with two attached hydrogens (primary N) is 1. The molecule has 1 atom stereocenters. The van der Waals surface area contributed by atoms with Crippen molar-refractivity contribution in [3.05, 3.63) is 29.3 Å². The lowest BCUT2D eigenvalue weighted by Crippen LogP contribution is -2.42. The predicted molar refractivity (Wildman–Crippen MR) is 97.6 cm³/mol. The van der Waals surface area contributed by atoms with E-state index in [0.29, 0.717) is 22.2 Å². The van der Waals surface area contributed by atoms with E-state index >= 15 is 0 Å². The Hall–Kier alpha value is -3.14. The predicted octanol–water partition coefficient (Wildman–Crippen LogP) is 1.50. The zero-order chi connectivity index (χ0) is 20.0. The number of imide groups is 1. The molecule has 1 aromatic heterocycles. The fraction of sp³-hybridized carbons (Fsp3) is 0.294. The van der Waals surface area contributed by atoms with Crippen molar-refractivity contribution in [2.75, 3.05) is 14.2 Å². The second-order valence-corrected chi connectivity index (χ2v) is 6.23. The number of primary amides is 1. The van der Waals surface area contributed by atoms with Crippen LogP contribution >= 0.6 is 11.3 Å². The molecule has 144 valence electrons. The number of carbonyl (C=O) groups excluding carboxylic acids is 3. The van der Waals surface area contributed by atoms with E-state index in [1.54, 1.807) is 31.7 Å². The van der Waals surface area contributed by atoms with E-state index in [2.05, 4.69) is 4.98 Å². The van der Waals surface area contributed by atoms with Gasteiger partial charge in [-0.25, -0.2) is 9.78 Å². The van der Waals surface area contributed by atoms with Gasteiger partial charge in [0, 0.05) is 10.9 Å². The number of thiazole rings is 1. The minimum Gasteiger partial charge on any atom is -0.493 e. The fourth-order valence-electron chi connectivity index (χ4n) is 2.15. The van der Waals surface area contributed by atoms with Crippen molar-refractivity contribution in [2.24, 2.45) is 5.73 Å². The Morgan fingerprint density at radius 1 is 1.22 bits per heavy atom. The summed E-state index contributed by atoms with van der Waals surface area (Å²) in [6.45, 7) is 1.34. The maximum absolute atomic E-state index is 12.0. The minimum atomic E-state index is -1.14. The van der Waals surface area contributed by atoms with Gasteiger partial charge in [0.25, 0.3) is 5.91 Å². The second-order valence-electron chi connectivity index (χ2n) is 5.38. The molecule has 2 rings (SSSR count). The molecule has 0 spiro atoms. The average molecular weight is 393 g/mol. The molecule has 9 nitrogen and oxygen atoms in total. The molecular weight excluding hydrogens is 374 g/mol. The minimum absolute atomic E-state index is 0.113. The molecule has 1 unspecified atom stereocenters. The van der Waals surface area contributed by atoms with Gasteiger partial charge in [0.1, 0.15) is 5.01 Å². The summed E-state index contributed by atoms with van der Waals surface area (Å²) in [7, 11) is 3.09. The number of ether oxygens (including phenoxy) is 3. The smallest absolute Gasteiger partial charge is 0.318 e. The van der Waals surface area contributed by atoms with Gasteiger partial charge >= 0.3 is 12.0 Å². The highest BCUT2D eigenvalue weighted by atomic mass is 32.1. The summed E-state index contributed by atoms with van der Waals surface area (Å²) in [5.41, 5.74) is 6.15. The lowest BCUT2D eigenvalue weighted by atomic mass is 10.2. The lowest BCUT2D eigenvalue weighted by molar-refractivity contribution is -0.153. The highest BCUT2D eigenvalue weighted by Crippen LogP contribution is 2.33. The fourth-order valence-corrected chi connectivity index (χ4v) is 2.97. The van der Waals surface area contributed by atoms with Crippen LogP contribution in [0.3, 0.4) is 0 Å². The molecule has 3 N–H and O–H groups in total. The molecule has 27 heavy (non-hydrogen) atoms. The van der Waals surface area contributed by atoms with Crippen LogP contribution in [0.15, 0.2) is 23.6 Å². The van der Waals surface area contributed by atoms with Crippen molar-refractivity contribution in [1.29, 1.82) is 0 Å². The third-order valence-corrected chi connectivity index (χ3v) is 4.37. The Bertz CT molecular complexity index is 851. The van der Waals surface area contributed by atoms with Crippen LogP contribution < -0.4 is 20.5 Å². The second kappa shape index (κ2) is 8.99. The first-order valence-electron chi connectivity index (χ1n) is 7.80. The van der Waals surface area contributed by atoms with Crippen molar-refractivity contribution in [3.63, 3.8) is 0 Å².